The van der Waals surface area contributed by atoms with E-state index in [0.29, 0.717) is 42.8 Å². The Morgan fingerprint density at radius 3 is 2.54 bits per heavy atom. The molecule has 2 heterocycles. The van der Waals surface area contributed by atoms with E-state index in [0.717, 1.165) is 24.0 Å². The van der Waals surface area contributed by atoms with E-state index in [9.17, 15) is 10.4 Å². The van der Waals surface area contributed by atoms with Crippen LogP contribution in [0, 0.1) is 11.3 Å². The Balaban J connectivity index is 1.58. The molecule has 2 atom stereocenters. The van der Waals surface area contributed by atoms with Gasteiger partial charge in [-0.2, -0.15) is 5.26 Å². The van der Waals surface area contributed by atoms with E-state index >= 15 is 0 Å². The van der Waals surface area contributed by atoms with E-state index in [2.05, 4.69) is 11.4 Å². The molecule has 4 heteroatoms. The van der Waals surface area contributed by atoms with Crippen molar-refractivity contribution in [2.24, 2.45) is 0 Å². The average Bonchev–Trinajstić information content (AvgIpc) is 2.66. The van der Waals surface area contributed by atoms with Crippen LogP contribution in [0.4, 0.5) is 0 Å². The van der Waals surface area contributed by atoms with Crippen LogP contribution in [-0.2, 0) is 12.2 Å². The van der Waals surface area contributed by atoms with Gasteiger partial charge in [0.15, 0.2) is 0 Å². The zero-order chi connectivity index (χ0) is 18.0. The lowest BCUT2D eigenvalue weighted by molar-refractivity contribution is -0.0360. The molecule has 0 saturated carbocycles. The highest BCUT2D eigenvalue weighted by Crippen LogP contribution is 2.41. The predicted octanol–water partition coefficient (Wildman–Crippen LogP) is 3.63. The van der Waals surface area contributed by atoms with Gasteiger partial charge in [-0.1, -0.05) is 42.8 Å². The zero-order valence-electron chi connectivity index (χ0n) is 14.8. The molecule has 2 N–H and O–H groups in total. The summed E-state index contributed by atoms with van der Waals surface area (Å²) in [5.74, 6) is 0.547. The molecule has 0 radical (unpaired) electrons. The number of piperidine rings is 2. The van der Waals surface area contributed by atoms with Crippen LogP contribution in [0.3, 0.4) is 0 Å². The Bertz CT molecular complexity index is 801. The summed E-state index contributed by atoms with van der Waals surface area (Å²) < 4.78 is 5.94. The average molecular weight is 348 g/mol. The maximum atomic E-state index is 11.3. The van der Waals surface area contributed by atoms with Crippen molar-refractivity contribution in [3.05, 3.63) is 65.2 Å². The molecule has 2 aromatic carbocycles. The van der Waals surface area contributed by atoms with Crippen LogP contribution in [0.5, 0.6) is 5.75 Å². The van der Waals surface area contributed by atoms with Gasteiger partial charge in [0.05, 0.1) is 11.2 Å². The number of nitrogens with one attached hydrogen (secondary N) is 1. The van der Waals surface area contributed by atoms with Crippen LogP contribution >= 0.6 is 0 Å². The van der Waals surface area contributed by atoms with Gasteiger partial charge in [0.2, 0.25) is 0 Å². The summed E-state index contributed by atoms with van der Waals surface area (Å²) in [6.07, 6.45) is 4.90. The minimum Gasteiger partial charge on any atom is -0.488 e. The predicted molar refractivity (Wildman–Crippen MR) is 99.6 cm³/mol. The largest absolute Gasteiger partial charge is 0.488 e. The summed E-state index contributed by atoms with van der Waals surface area (Å²) in [5, 5.41) is 24.4. The van der Waals surface area contributed by atoms with Gasteiger partial charge >= 0.3 is 0 Å². The molecule has 4 nitrogen and oxygen atoms in total. The Kier molecular flexibility index (Phi) is 4.67. The summed E-state index contributed by atoms with van der Waals surface area (Å²) >= 11 is 0. The molecule has 26 heavy (non-hydrogen) atoms. The van der Waals surface area contributed by atoms with Crippen molar-refractivity contribution in [2.45, 2.75) is 56.4 Å². The summed E-state index contributed by atoms with van der Waals surface area (Å²) in [4.78, 5) is 0. The minimum absolute atomic E-state index is 0.372. The second kappa shape index (κ2) is 7.11. The summed E-state index contributed by atoms with van der Waals surface area (Å²) in [7, 11) is 0. The van der Waals surface area contributed by atoms with E-state index in [-0.39, 0.29) is 0 Å². The molecule has 2 aromatic rings. The van der Waals surface area contributed by atoms with Crippen molar-refractivity contribution in [2.75, 3.05) is 0 Å². The molecule has 2 bridgehead atoms. The molecule has 134 valence electrons. The first-order valence-electron chi connectivity index (χ1n) is 9.36. The van der Waals surface area contributed by atoms with Crippen LogP contribution < -0.4 is 10.1 Å². The summed E-state index contributed by atoms with van der Waals surface area (Å²) in [6.45, 7) is 0.407. The Hall–Kier alpha value is -2.35. The zero-order valence-corrected chi connectivity index (χ0v) is 14.8. The van der Waals surface area contributed by atoms with Crippen LogP contribution in [0.25, 0.3) is 0 Å². The normalized spacial score (nSPS) is 27.5. The quantitative estimate of drug-likeness (QED) is 0.885. The van der Waals surface area contributed by atoms with Gasteiger partial charge < -0.3 is 15.2 Å². The third-order valence-corrected chi connectivity index (χ3v) is 5.62. The molecular formula is C22H24N2O2. The van der Waals surface area contributed by atoms with Crippen LogP contribution in [0.1, 0.15) is 48.8 Å². The van der Waals surface area contributed by atoms with Gasteiger partial charge in [-0.05, 0) is 48.9 Å². The van der Waals surface area contributed by atoms with E-state index in [1.54, 1.807) is 6.07 Å². The van der Waals surface area contributed by atoms with E-state index in [1.165, 1.54) is 6.42 Å². The Morgan fingerprint density at radius 1 is 1.12 bits per heavy atom. The van der Waals surface area contributed by atoms with Gasteiger partial charge in [-0.15, -0.1) is 0 Å². The van der Waals surface area contributed by atoms with Crippen molar-refractivity contribution in [1.82, 2.24) is 5.32 Å². The molecule has 0 amide bonds. The SMILES string of the molecule is N#Cc1ccc(C2(O)CC3CCCC(C2)N3)cc1OCc1ccccc1. The summed E-state index contributed by atoms with van der Waals surface area (Å²) in [6, 6.07) is 18.4. The highest BCUT2D eigenvalue weighted by Gasteiger charge is 2.42. The van der Waals surface area contributed by atoms with Gasteiger partial charge in [0, 0.05) is 12.1 Å². The smallest absolute Gasteiger partial charge is 0.137 e. The van der Waals surface area contributed by atoms with Gasteiger partial charge in [-0.25, -0.2) is 0 Å². The number of hydrogen-bond acceptors (Lipinski definition) is 4. The molecule has 2 aliphatic heterocycles. The minimum atomic E-state index is -0.847. The van der Waals surface area contributed by atoms with Crippen molar-refractivity contribution >= 4 is 0 Å². The third kappa shape index (κ3) is 3.46. The molecule has 0 aliphatic carbocycles. The number of fused-ring (bicyclic) bond motifs is 2. The number of hydrogen-bond donors (Lipinski definition) is 2. The number of ether oxygens (including phenoxy) is 1. The van der Waals surface area contributed by atoms with Gasteiger partial charge in [0.25, 0.3) is 0 Å². The first-order valence-corrected chi connectivity index (χ1v) is 9.36. The highest BCUT2D eigenvalue weighted by molar-refractivity contribution is 5.47. The lowest BCUT2D eigenvalue weighted by Crippen LogP contribution is -2.54. The number of nitrogens with zero attached hydrogens (tertiary/aromatic N) is 1. The number of nitriles is 1. The molecule has 2 unspecified atom stereocenters. The van der Waals surface area contributed by atoms with Crippen molar-refractivity contribution in [3.8, 4) is 11.8 Å². The highest BCUT2D eigenvalue weighted by atomic mass is 16.5. The lowest BCUT2D eigenvalue weighted by Gasteiger charge is -2.45. The first-order chi connectivity index (χ1) is 12.7. The maximum Gasteiger partial charge on any atom is 0.137 e. The monoisotopic (exact) mass is 348 g/mol. The molecule has 0 aromatic heterocycles. The second-order valence-electron chi connectivity index (χ2n) is 7.53. The summed E-state index contributed by atoms with van der Waals surface area (Å²) in [5.41, 5.74) is 1.57. The van der Waals surface area contributed by atoms with Crippen molar-refractivity contribution < 1.29 is 9.84 Å². The maximum absolute atomic E-state index is 11.3. The third-order valence-electron chi connectivity index (χ3n) is 5.62. The van der Waals surface area contributed by atoms with Crippen molar-refractivity contribution in [1.29, 1.82) is 5.26 Å². The standard InChI is InChI=1S/C22H24N2O2/c23-14-17-9-10-18(11-21(17)26-15-16-5-2-1-3-6-16)22(25)12-19-7-4-8-20(13-22)24-19/h1-3,5-6,9-11,19-20,24-25H,4,7-8,12-13,15H2. The Morgan fingerprint density at radius 2 is 1.85 bits per heavy atom. The van der Waals surface area contributed by atoms with Crippen LogP contribution in [0.15, 0.2) is 48.5 Å². The lowest BCUT2D eigenvalue weighted by atomic mass is 9.74. The number of aliphatic hydroxyl groups is 1. The molecule has 0 spiro atoms. The topological polar surface area (TPSA) is 65.3 Å². The van der Waals surface area contributed by atoms with Crippen molar-refractivity contribution in [3.63, 3.8) is 0 Å². The fourth-order valence-electron chi connectivity index (χ4n) is 4.33. The van der Waals surface area contributed by atoms with Gasteiger partial charge in [-0.3, -0.25) is 0 Å². The first kappa shape index (κ1) is 17.1. The van der Waals surface area contributed by atoms with E-state index in [4.69, 9.17) is 4.74 Å². The van der Waals surface area contributed by atoms with Gasteiger partial charge in [0.1, 0.15) is 18.4 Å². The van der Waals surface area contributed by atoms with E-state index in [1.807, 2.05) is 42.5 Å². The molecule has 2 fully saturated rings. The second-order valence-corrected chi connectivity index (χ2v) is 7.53. The number of benzene rings is 2. The van der Waals surface area contributed by atoms with Crippen LogP contribution in [-0.4, -0.2) is 17.2 Å². The molecule has 2 aliphatic rings. The molecule has 2 saturated heterocycles. The fourth-order valence-corrected chi connectivity index (χ4v) is 4.33. The Labute approximate surface area is 154 Å². The fraction of sp³-hybridized carbons (Fsp3) is 0.409. The number of rotatable bonds is 4. The molecular weight excluding hydrogens is 324 g/mol. The van der Waals surface area contributed by atoms with Crippen LogP contribution in [0.2, 0.25) is 0 Å². The molecule has 4 rings (SSSR count). The van der Waals surface area contributed by atoms with E-state index < -0.39 is 5.60 Å².